The van der Waals surface area contributed by atoms with Gasteiger partial charge in [0.15, 0.2) is 11.5 Å². The van der Waals surface area contributed by atoms with E-state index >= 15 is 0 Å². The van der Waals surface area contributed by atoms with Crippen molar-refractivity contribution in [2.24, 2.45) is 0 Å². The number of nitrogens with one attached hydrogen (secondary N) is 1. The van der Waals surface area contributed by atoms with Gasteiger partial charge in [-0.25, -0.2) is 0 Å². The van der Waals surface area contributed by atoms with Crippen molar-refractivity contribution in [3.8, 4) is 0 Å². The summed E-state index contributed by atoms with van der Waals surface area (Å²) in [7, 11) is 0. The largest absolute Gasteiger partial charge is 0.349 e. The van der Waals surface area contributed by atoms with E-state index in [1.165, 1.54) is 0 Å². The molecule has 0 saturated heterocycles. The third-order valence-electron chi connectivity index (χ3n) is 4.12. The van der Waals surface area contributed by atoms with Gasteiger partial charge in [0, 0.05) is 18.6 Å². The van der Waals surface area contributed by atoms with E-state index in [1.807, 2.05) is 58.7 Å². The van der Waals surface area contributed by atoms with Crippen LogP contribution in [0.5, 0.6) is 0 Å². The van der Waals surface area contributed by atoms with Gasteiger partial charge in [-0.1, -0.05) is 6.07 Å². The molecule has 4 heterocycles. The molecule has 0 radical (unpaired) electrons. The Hall–Kier alpha value is -2.93. The Morgan fingerprint density at radius 3 is 2.76 bits per heavy atom. The quantitative estimate of drug-likeness (QED) is 0.581. The number of carbonyl (C=O) groups is 1. The van der Waals surface area contributed by atoms with Crippen LogP contribution in [0.1, 0.15) is 23.9 Å². The van der Waals surface area contributed by atoms with E-state index in [4.69, 9.17) is 0 Å². The summed E-state index contributed by atoms with van der Waals surface area (Å²) in [6, 6.07) is 11.7. The molecule has 6 nitrogen and oxygen atoms in total. The van der Waals surface area contributed by atoms with Crippen molar-refractivity contribution < 1.29 is 4.79 Å². The number of fused-ring (bicyclic) bond motifs is 1. The maximum atomic E-state index is 12.5. The first-order chi connectivity index (χ1) is 12.3. The first kappa shape index (κ1) is 15.6. The Labute approximate surface area is 148 Å². The number of aromatic nitrogens is 4. The molecule has 7 heteroatoms. The second-order valence-corrected chi connectivity index (χ2v) is 6.51. The monoisotopic (exact) mass is 351 g/mol. The number of hydrogen-bond acceptors (Lipinski definition) is 4. The zero-order chi connectivity index (χ0) is 17.1. The summed E-state index contributed by atoms with van der Waals surface area (Å²) in [5.41, 5.74) is 1.92. The number of rotatable bonds is 6. The maximum Gasteiger partial charge on any atom is 0.222 e. The topological polar surface area (TPSA) is 64.2 Å². The van der Waals surface area contributed by atoms with E-state index in [2.05, 4.69) is 31.5 Å². The number of pyridine rings is 1. The molecule has 1 N–H and O–H groups in total. The highest BCUT2D eigenvalue weighted by Crippen LogP contribution is 2.24. The van der Waals surface area contributed by atoms with Crippen LogP contribution in [0.25, 0.3) is 5.65 Å². The Balaban J connectivity index is 1.45. The summed E-state index contributed by atoms with van der Waals surface area (Å²) in [6.07, 6.45) is 6.25. The van der Waals surface area contributed by atoms with Crippen molar-refractivity contribution in [1.82, 2.24) is 24.5 Å². The molecule has 0 aliphatic carbocycles. The molecule has 0 aromatic carbocycles. The molecule has 0 fully saturated rings. The summed E-state index contributed by atoms with van der Waals surface area (Å²) in [4.78, 5) is 12.5. The van der Waals surface area contributed by atoms with Gasteiger partial charge in [-0.2, -0.15) is 11.3 Å². The predicted molar refractivity (Wildman–Crippen MR) is 96.3 cm³/mol. The van der Waals surface area contributed by atoms with Crippen LogP contribution < -0.4 is 5.32 Å². The van der Waals surface area contributed by atoms with Gasteiger partial charge in [0.2, 0.25) is 5.91 Å². The van der Waals surface area contributed by atoms with Crippen LogP contribution in [0, 0.1) is 0 Å². The highest BCUT2D eigenvalue weighted by Gasteiger charge is 2.18. The molecular formula is C18H17N5OS. The molecule has 0 aliphatic heterocycles. The number of thiophene rings is 1. The Morgan fingerprint density at radius 1 is 1.12 bits per heavy atom. The van der Waals surface area contributed by atoms with Crippen LogP contribution in [0.2, 0.25) is 0 Å². The van der Waals surface area contributed by atoms with Gasteiger partial charge < -0.3 is 9.88 Å². The Morgan fingerprint density at radius 2 is 1.96 bits per heavy atom. The van der Waals surface area contributed by atoms with Crippen LogP contribution in [-0.4, -0.2) is 25.1 Å². The smallest absolute Gasteiger partial charge is 0.222 e. The summed E-state index contributed by atoms with van der Waals surface area (Å²) in [6.45, 7) is 0.353. The van der Waals surface area contributed by atoms with Gasteiger partial charge in [0.1, 0.15) is 0 Å². The zero-order valence-corrected chi connectivity index (χ0v) is 14.3. The molecule has 126 valence electrons. The van der Waals surface area contributed by atoms with Crippen molar-refractivity contribution >= 4 is 22.9 Å². The van der Waals surface area contributed by atoms with Crippen molar-refractivity contribution in [2.45, 2.75) is 19.0 Å². The standard InChI is InChI=1S/C18H17N5OS/c24-18(19-12-17-21-20-16-5-1-2-9-23(16)17)11-15(14-6-10-25-13-14)22-7-3-4-8-22/h1-10,13,15H,11-12H2,(H,19,24). The second kappa shape index (κ2) is 6.90. The summed E-state index contributed by atoms with van der Waals surface area (Å²) in [5, 5.41) is 15.3. The molecule has 0 bridgehead atoms. The molecular weight excluding hydrogens is 334 g/mol. The molecule has 4 aromatic rings. The van der Waals surface area contributed by atoms with E-state index in [0.29, 0.717) is 13.0 Å². The Kier molecular flexibility index (Phi) is 4.30. The molecule has 25 heavy (non-hydrogen) atoms. The number of amides is 1. The minimum atomic E-state index is -0.0161. The van der Waals surface area contributed by atoms with E-state index in [9.17, 15) is 4.79 Å². The van der Waals surface area contributed by atoms with Gasteiger partial charge in [0.05, 0.1) is 19.0 Å². The van der Waals surface area contributed by atoms with E-state index in [-0.39, 0.29) is 11.9 Å². The van der Waals surface area contributed by atoms with Crippen molar-refractivity contribution in [2.75, 3.05) is 0 Å². The van der Waals surface area contributed by atoms with Gasteiger partial charge in [-0.15, -0.1) is 10.2 Å². The molecule has 1 unspecified atom stereocenters. The lowest BCUT2D eigenvalue weighted by molar-refractivity contribution is -0.121. The fourth-order valence-electron chi connectivity index (χ4n) is 2.85. The van der Waals surface area contributed by atoms with Crippen LogP contribution in [0.15, 0.2) is 65.7 Å². The average molecular weight is 351 g/mol. The number of nitrogens with zero attached hydrogens (tertiary/aromatic N) is 4. The minimum absolute atomic E-state index is 0.00334. The fourth-order valence-corrected chi connectivity index (χ4v) is 3.56. The summed E-state index contributed by atoms with van der Waals surface area (Å²) >= 11 is 1.64. The number of hydrogen-bond donors (Lipinski definition) is 1. The molecule has 4 rings (SSSR count). The first-order valence-electron chi connectivity index (χ1n) is 8.01. The SMILES string of the molecule is O=C(CC(c1ccsc1)n1cccc1)NCc1nnc2ccccn12. The van der Waals surface area contributed by atoms with Gasteiger partial charge in [-0.3, -0.25) is 9.20 Å². The molecule has 0 spiro atoms. The van der Waals surface area contributed by atoms with Crippen LogP contribution in [0.3, 0.4) is 0 Å². The lowest BCUT2D eigenvalue weighted by Crippen LogP contribution is -2.27. The first-order valence-corrected chi connectivity index (χ1v) is 8.95. The number of carbonyl (C=O) groups excluding carboxylic acids is 1. The maximum absolute atomic E-state index is 12.5. The lowest BCUT2D eigenvalue weighted by Gasteiger charge is -2.17. The molecule has 0 saturated carbocycles. The van der Waals surface area contributed by atoms with Crippen LogP contribution in [-0.2, 0) is 11.3 Å². The van der Waals surface area contributed by atoms with E-state index in [0.717, 1.165) is 17.0 Å². The molecule has 1 amide bonds. The van der Waals surface area contributed by atoms with Crippen LogP contribution >= 0.6 is 11.3 Å². The second-order valence-electron chi connectivity index (χ2n) is 5.73. The molecule has 0 aliphatic rings. The lowest BCUT2D eigenvalue weighted by atomic mass is 10.1. The summed E-state index contributed by atoms with van der Waals surface area (Å²) < 4.78 is 3.94. The minimum Gasteiger partial charge on any atom is -0.349 e. The fraction of sp³-hybridized carbons (Fsp3) is 0.167. The average Bonchev–Trinajstić information content (AvgIpc) is 3.40. The highest BCUT2D eigenvalue weighted by molar-refractivity contribution is 7.08. The predicted octanol–water partition coefficient (Wildman–Crippen LogP) is 2.89. The van der Waals surface area contributed by atoms with E-state index < -0.39 is 0 Å². The van der Waals surface area contributed by atoms with Crippen LogP contribution in [0.4, 0.5) is 0 Å². The molecule has 1 atom stereocenters. The third-order valence-corrected chi connectivity index (χ3v) is 4.82. The van der Waals surface area contributed by atoms with Crippen molar-refractivity contribution in [3.05, 3.63) is 77.1 Å². The third kappa shape index (κ3) is 3.32. The summed E-state index contributed by atoms with van der Waals surface area (Å²) in [5.74, 6) is 0.703. The van der Waals surface area contributed by atoms with Crippen molar-refractivity contribution in [3.63, 3.8) is 0 Å². The highest BCUT2D eigenvalue weighted by atomic mass is 32.1. The molecule has 4 aromatic heterocycles. The Bertz CT molecular complexity index is 924. The van der Waals surface area contributed by atoms with Crippen molar-refractivity contribution in [1.29, 1.82) is 0 Å². The van der Waals surface area contributed by atoms with Gasteiger partial charge in [0.25, 0.3) is 0 Å². The zero-order valence-electron chi connectivity index (χ0n) is 13.4. The normalized spacial score (nSPS) is 12.3. The van der Waals surface area contributed by atoms with E-state index in [1.54, 1.807) is 11.3 Å². The van der Waals surface area contributed by atoms with Gasteiger partial charge >= 0.3 is 0 Å². The van der Waals surface area contributed by atoms with Gasteiger partial charge in [-0.05, 0) is 46.7 Å².